The first-order valence-electron chi connectivity index (χ1n) is 5.54. The van der Waals surface area contributed by atoms with Crippen LogP contribution in [0.2, 0.25) is 0 Å². The molecule has 1 atom stereocenters. The fraction of sp³-hybridized carbons (Fsp3) is 0.727. The van der Waals surface area contributed by atoms with Gasteiger partial charge in [0.05, 0.1) is 7.11 Å². The van der Waals surface area contributed by atoms with Gasteiger partial charge in [-0.3, -0.25) is 4.79 Å². The number of carbonyl (C=O) groups is 2. The molecule has 5 heteroatoms. The monoisotopic (exact) mass is 226 g/mol. The van der Waals surface area contributed by atoms with E-state index in [9.17, 15) is 9.59 Å². The molecule has 16 heavy (non-hydrogen) atoms. The lowest BCUT2D eigenvalue weighted by molar-refractivity contribution is -0.121. The highest BCUT2D eigenvalue weighted by Gasteiger charge is 2.30. The molecular formula is C11H18N2O3. The first-order valence-corrected chi connectivity index (χ1v) is 5.54. The minimum Gasteiger partial charge on any atom is -0.453 e. The van der Waals surface area contributed by atoms with Crippen molar-refractivity contribution in [2.75, 3.05) is 7.11 Å². The molecule has 0 unspecified atom stereocenters. The average molecular weight is 226 g/mol. The minimum absolute atomic E-state index is 0.158. The van der Waals surface area contributed by atoms with Crippen LogP contribution in [0.1, 0.15) is 32.1 Å². The van der Waals surface area contributed by atoms with Gasteiger partial charge in [0.25, 0.3) is 5.91 Å². The number of nitrogens with zero attached hydrogens (tertiary/aromatic N) is 1. The molecule has 1 saturated carbocycles. The van der Waals surface area contributed by atoms with Crippen LogP contribution in [0.3, 0.4) is 0 Å². The molecule has 0 spiro atoms. The summed E-state index contributed by atoms with van der Waals surface area (Å²) in [7, 11) is 1.28. The third kappa shape index (κ3) is 3.32. The van der Waals surface area contributed by atoms with Crippen LogP contribution in [0, 0.1) is 5.92 Å². The van der Waals surface area contributed by atoms with Crippen molar-refractivity contribution >= 4 is 18.7 Å². The molecule has 1 fully saturated rings. The zero-order valence-electron chi connectivity index (χ0n) is 9.57. The van der Waals surface area contributed by atoms with E-state index in [-0.39, 0.29) is 11.8 Å². The van der Waals surface area contributed by atoms with Crippen LogP contribution in [0.4, 0.5) is 4.79 Å². The van der Waals surface area contributed by atoms with E-state index in [1.807, 2.05) is 0 Å². The number of rotatable bonds is 3. The highest BCUT2D eigenvalue weighted by Crippen LogP contribution is 2.27. The highest BCUT2D eigenvalue weighted by atomic mass is 16.5. The molecule has 0 aromatic carbocycles. The smallest absolute Gasteiger partial charge is 0.407 e. The second-order valence-electron chi connectivity index (χ2n) is 4.01. The largest absolute Gasteiger partial charge is 0.453 e. The summed E-state index contributed by atoms with van der Waals surface area (Å²) >= 11 is 0. The minimum atomic E-state index is -0.590. The Labute approximate surface area is 95.3 Å². The first kappa shape index (κ1) is 12.7. The van der Waals surface area contributed by atoms with Crippen LogP contribution in [-0.4, -0.2) is 31.9 Å². The Balaban J connectivity index is 2.65. The molecule has 0 bridgehead atoms. The Kier molecular flexibility index (Phi) is 4.95. The van der Waals surface area contributed by atoms with Crippen LogP contribution in [0.15, 0.2) is 4.99 Å². The Bertz CT molecular complexity index is 272. The molecular weight excluding hydrogens is 208 g/mol. The van der Waals surface area contributed by atoms with E-state index >= 15 is 0 Å². The summed E-state index contributed by atoms with van der Waals surface area (Å²) in [5.41, 5.74) is 0. The van der Waals surface area contributed by atoms with E-state index in [0.29, 0.717) is 0 Å². The van der Waals surface area contributed by atoms with Gasteiger partial charge in [-0.05, 0) is 25.5 Å². The van der Waals surface area contributed by atoms with Gasteiger partial charge < -0.3 is 10.1 Å². The van der Waals surface area contributed by atoms with Gasteiger partial charge in [0.15, 0.2) is 0 Å². The van der Waals surface area contributed by atoms with Crippen molar-refractivity contribution in [3.8, 4) is 0 Å². The Morgan fingerprint density at radius 2 is 2.00 bits per heavy atom. The molecule has 0 saturated heterocycles. The van der Waals surface area contributed by atoms with Gasteiger partial charge in [-0.2, -0.15) is 0 Å². The zero-order chi connectivity index (χ0) is 12.0. The predicted octanol–water partition coefficient (Wildman–Crippen LogP) is 1.52. The predicted molar refractivity (Wildman–Crippen MR) is 60.5 cm³/mol. The molecule has 0 aromatic heterocycles. The maximum Gasteiger partial charge on any atom is 0.407 e. The van der Waals surface area contributed by atoms with Crippen molar-refractivity contribution in [1.29, 1.82) is 0 Å². The summed E-state index contributed by atoms with van der Waals surface area (Å²) in [6, 6.07) is -0.578. The number of carbonyl (C=O) groups excluding carboxylic acids is 2. The summed E-state index contributed by atoms with van der Waals surface area (Å²) in [5.74, 6) is -0.219. The maximum atomic E-state index is 11.6. The topological polar surface area (TPSA) is 67.8 Å². The fourth-order valence-electron chi connectivity index (χ4n) is 2.13. The van der Waals surface area contributed by atoms with E-state index in [1.54, 1.807) is 0 Å². The van der Waals surface area contributed by atoms with E-state index in [2.05, 4.69) is 21.8 Å². The Morgan fingerprint density at radius 1 is 1.38 bits per heavy atom. The van der Waals surface area contributed by atoms with Crippen LogP contribution in [0.5, 0.6) is 0 Å². The number of aliphatic imine (C=N–C) groups is 1. The zero-order valence-corrected chi connectivity index (χ0v) is 9.57. The van der Waals surface area contributed by atoms with Crippen molar-refractivity contribution < 1.29 is 14.3 Å². The summed E-state index contributed by atoms with van der Waals surface area (Å²) in [6.45, 7) is 3.22. The average Bonchev–Trinajstić information content (AvgIpc) is 2.35. The first-order chi connectivity index (χ1) is 7.69. The standard InChI is InChI=1S/C11H18N2O3/c1-12-10(14)9(13-11(15)16-2)8-6-4-3-5-7-8/h8-9H,1,3-7H2,2H3,(H,13,15)/t9-/m0/s1. The summed E-state index contributed by atoms with van der Waals surface area (Å²) in [5, 5.41) is 2.54. The van der Waals surface area contributed by atoms with Gasteiger partial charge in [0, 0.05) is 0 Å². The Morgan fingerprint density at radius 3 is 2.50 bits per heavy atom. The molecule has 0 radical (unpaired) electrons. The molecule has 1 N–H and O–H groups in total. The summed E-state index contributed by atoms with van der Waals surface area (Å²) < 4.78 is 4.50. The van der Waals surface area contributed by atoms with Crippen molar-refractivity contribution in [3.05, 3.63) is 0 Å². The van der Waals surface area contributed by atoms with Crippen LogP contribution in [-0.2, 0) is 9.53 Å². The molecule has 1 aliphatic rings. The quantitative estimate of drug-likeness (QED) is 0.742. The van der Waals surface area contributed by atoms with Crippen LogP contribution >= 0.6 is 0 Å². The van der Waals surface area contributed by atoms with Crippen LogP contribution in [0.25, 0.3) is 0 Å². The van der Waals surface area contributed by atoms with Crippen LogP contribution < -0.4 is 5.32 Å². The number of methoxy groups -OCH3 is 1. The normalized spacial score (nSPS) is 18.6. The molecule has 90 valence electrons. The Hall–Kier alpha value is -1.39. The van der Waals surface area contributed by atoms with Gasteiger partial charge >= 0.3 is 6.09 Å². The fourth-order valence-corrected chi connectivity index (χ4v) is 2.13. The van der Waals surface area contributed by atoms with Crippen molar-refractivity contribution in [2.24, 2.45) is 10.9 Å². The highest BCUT2D eigenvalue weighted by molar-refractivity contribution is 5.88. The SMILES string of the molecule is C=NC(=O)[C@@H](NC(=O)OC)C1CCCCC1. The van der Waals surface area contributed by atoms with E-state index in [0.717, 1.165) is 25.7 Å². The third-order valence-corrected chi connectivity index (χ3v) is 3.00. The lowest BCUT2D eigenvalue weighted by atomic mass is 9.83. The molecule has 5 nitrogen and oxygen atoms in total. The molecule has 2 amide bonds. The van der Waals surface area contributed by atoms with Gasteiger partial charge in [0.1, 0.15) is 6.04 Å². The number of nitrogens with one attached hydrogen (secondary N) is 1. The molecule has 1 aliphatic carbocycles. The number of amides is 2. The van der Waals surface area contributed by atoms with E-state index < -0.39 is 12.1 Å². The molecule has 0 aliphatic heterocycles. The van der Waals surface area contributed by atoms with Gasteiger partial charge in [-0.15, -0.1) is 0 Å². The van der Waals surface area contributed by atoms with Gasteiger partial charge in [-0.25, -0.2) is 9.79 Å². The lowest BCUT2D eigenvalue weighted by Crippen LogP contribution is -2.45. The number of hydrogen-bond donors (Lipinski definition) is 1. The summed E-state index contributed by atoms with van der Waals surface area (Å²) in [6.07, 6.45) is 4.67. The molecule has 0 heterocycles. The number of ether oxygens (including phenoxy) is 1. The van der Waals surface area contributed by atoms with Crippen molar-refractivity contribution in [2.45, 2.75) is 38.1 Å². The maximum absolute atomic E-state index is 11.6. The molecule has 1 rings (SSSR count). The van der Waals surface area contributed by atoms with Gasteiger partial charge in [0.2, 0.25) is 0 Å². The van der Waals surface area contributed by atoms with Crippen molar-refractivity contribution in [1.82, 2.24) is 5.32 Å². The molecule has 0 aromatic rings. The number of alkyl carbamates (subject to hydrolysis) is 1. The van der Waals surface area contributed by atoms with Gasteiger partial charge in [-0.1, -0.05) is 19.3 Å². The summed E-state index contributed by atoms with van der Waals surface area (Å²) in [4.78, 5) is 26.1. The van der Waals surface area contributed by atoms with E-state index in [4.69, 9.17) is 0 Å². The lowest BCUT2D eigenvalue weighted by Gasteiger charge is -2.28. The third-order valence-electron chi connectivity index (χ3n) is 3.00. The second kappa shape index (κ2) is 6.25. The van der Waals surface area contributed by atoms with Crippen molar-refractivity contribution in [3.63, 3.8) is 0 Å². The van der Waals surface area contributed by atoms with E-state index in [1.165, 1.54) is 13.5 Å². The number of hydrogen-bond acceptors (Lipinski definition) is 3. The second-order valence-corrected chi connectivity index (χ2v) is 4.01.